The van der Waals surface area contributed by atoms with Crippen molar-refractivity contribution in [3.05, 3.63) is 59.5 Å². The van der Waals surface area contributed by atoms with Crippen molar-refractivity contribution in [1.82, 2.24) is 5.06 Å². The molecule has 0 saturated carbocycles. The Bertz CT molecular complexity index is 1140. The van der Waals surface area contributed by atoms with Crippen molar-refractivity contribution in [2.45, 2.75) is 33.6 Å². The van der Waals surface area contributed by atoms with Crippen LogP contribution in [0.4, 0.5) is 0 Å². The van der Waals surface area contributed by atoms with E-state index in [9.17, 15) is 18.0 Å². The summed E-state index contributed by atoms with van der Waals surface area (Å²) in [7, 11) is -0.261. The molecule has 0 spiro atoms. The highest BCUT2D eigenvalue weighted by atomic mass is 32.2. The van der Waals surface area contributed by atoms with Gasteiger partial charge in [0.05, 0.1) is 24.7 Å². The third kappa shape index (κ3) is 7.73. The van der Waals surface area contributed by atoms with Gasteiger partial charge in [0.25, 0.3) is 5.91 Å². The number of benzene rings is 2. The normalized spacial score (nSPS) is 11.3. The molecule has 2 aromatic carbocycles. The van der Waals surface area contributed by atoms with Gasteiger partial charge in [-0.25, -0.2) is 5.06 Å². The van der Waals surface area contributed by atoms with E-state index >= 15 is 0 Å². The molecule has 0 N–H and O–H groups in total. The van der Waals surface area contributed by atoms with Gasteiger partial charge in [0.1, 0.15) is 11.5 Å². The number of hydrogen-bond acceptors (Lipinski definition) is 7. The van der Waals surface area contributed by atoms with E-state index in [0.717, 1.165) is 18.5 Å². The molecule has 0 aliphatic heterocycles. The average Bonchev–Trinajstić information content (AvgIpc) is 2.77. The van der Waals surface area contributed by atoms with Crippen molar-refractivity contribution in [1.29, 1.82) is 0 Å². The summed E-state index contributed by atoms with van der Waals surface area (Å²) in [6, 6.07) is 8.53. The van der Waals surface area contributed by atoms with Gasteiger partial charge >= 0.3 is 10.1 Å². The summed E-state index contributed by atoms with van der Waals surface area (Å²) in [6.07, 6.45) is 3.52. The number of fused-ring (bicyclic) bond motifs is 1. The highest BCUT2D eigenvalue weighted by molar-refractivity contribution is 7.90. The fraction of sp³-hybridized carbons (Fsp3) is 0.333. The maximum absolute atomic E-state index is 12.9. The molecule has 1 amide bonds. The van der Waals surface area contributed by atoms with Crippen LogP contribution in [0, 0.1) is 0 Å². The Labute approximate surface area is 195 Å². The van der Waals surface area contributed by atoms with Crippen molar-refractivity contribution in [2.75, 3.05) is 21.3 Å². The van der Waals surface area contributed by atoms with Crippen LogP contribution in [0.25, 0.3) is 10.8 Å². The summed E-state index contributed by atoms with van der Waals surface area (Å²) in [5, 5.41) is 2.08. The molecule has 0 bridgehead atoms. The first-order valence-electron chi connectivity index (χ1n) is 10.2. The zero-order chi connectivity index (χ0) is 25.2. The van der Waals surface area contributed by atoms with Crippen LogP contribution in [-0.2, 0) is 19.2 Å². The molecule has 33 heavy (non-hydrogen) atoms. The highest BCUT2D eigenvalue weighted by Gasteiger charge is 2.25. The molecule has 2 aromatic rings. The van der Waals surface area contributed by atoms with Crippen molar-refractivity contribution in [3.63, 3.8) is 0 Å². The van der Waals surface area contributed by atoms with E-state index in [1.165, 1.54) is 33.6 Å². The predicted molar refractivity (Wildman–Crippen MR) is 129 cm³/mol. The Morgan fingerprint density at radius 1 is 1.06 bits per heavy atom. The fourth-order valence-electron chi connectivity index (χ4n) is 2.63. The zero-order valence-corrected chi connectivity index (χ0v) is 20.7. The van der Waals surface area contributed by atoms with Crippen LogP contribution in [0.1, 0.15) is 44.0 Å². The van der Waals surface area contributed by atoms with Gasteiger partial charge in [0.2, 0.25) is 0 Å². The van der Waals surface area contributed by atoms with E-state index < -0.39 is 21.8 Å². The summed E-state index contributed by atoms with van der Waals surface area (Å²) < 4.78 is 40.1. The Morgan fingerprint density at radius 2 is 1.70 bits per heavy atom. The molecule has 0 radical (unpaired) electrons. The van der Waals surface area contributed by atoms with Crippen molar-refractivity contribution in [2.24, 2.45) is 0 Å². The summed E-state index contributed by atoms with van der Waals surface area (Å²) in [6.45, 7) is 8.88. The van der Waals surface area contributed by atoms with Crippen LogP contribution in [0.5, 0.6) is 11.5 Å². The minimum absolute atomic E-state index is 0.0145. The smallest absolute Gasteiger partial charge is 0.313 e. The van der Waals surface area contributed by atoms with Gasteiger partial charge < -0.3 is 9.47 Å². The second-order valence-electron chi connectivity index (χ2n) is 7.02. The molecule has 9 heteroatoms. The van der Waals surface area contributed by atoms with Gasteiger partial charge in [-0.2, -0.15) is 8.42 Å². The van der Waals surface area contributed by atoms with Gasteiger partial charge in [0.15, 0.2) is 5.78 Å². The summed E-state index contributed by atoms with van der Waals surface area (Å²) >= 11 is 0. The first-order valence-corrected chi connectivity index (χ1v) is 11.7. The molecule has 0 aromatic heterocycles. The number of allylic oxidation sites excluding steroid dienone is 3. The lowest BCUT2D eigenvalue weighted by Gasteiger charge is -2.18. The molecule has 0 aliphatic rings. The molecule has 0 saturated heterocycles. The maximum atomic E-state index is 12.9. The standard InChI is InChI=1S/C21H23NO7S.C3H8/c1-6-7-17(23)10-14(2)30(25,26)29-22(3)21(24)19-12-16-11-18(27-4)9-8-15(16)13-20(19)28-5;1-3-2/h6,8-13H,1,7H2,2-5H3;3H2,1-2H3/b14-10+;. The minimum atomic E-state index is -4.35. The van der Waals surface area contributed by atoms with Crippen molar-refractivity contribution in [3.8, 4) is 11.5 Å². The number of rotatable bonds is 9. The number of hydroxylamine groups is 2. The fourth-order valence-corrected chi connectivity index (χ4v) is 3.38. The number of carbonyl (C=O) groups excluding carboxylic acids is 2. The number of amides is 1. The van der Waals surface area contributed by atoms with E-state index in [0.29, 0.717) is 16.2 Å². The quantitative estimate of drug-likeness (QED) is 0.294. The first kappa shape index (κ1) is 27.9. The second kappa shape index (κ2) is 12.8. The zero-order valence-electron chi connectivity index (χ0n) is 19.9. The van der Waals surface area contributed by atoms with Gasteiger partial charge in [0, 0.05) is 13.5 Å². The molecule has 2 rings (SSSR count). The molecule has 180 valence electrons. The monoisotopic (exact) mass is 477 g/mol. The second-order valence-corrected chi connectivity index (χ2v) is 8.72. The molecule has 0 heterocycles. The van der Waals surface area contributed by atoms with Crippen LogP contribution in [0.15, 0.2) is 54.0 Å². The predicted octanol–water partition coefficient (Wildman–Crippen LogP) is 4.66. The van der Waals surface area contributed by atoms with Gasteiger partial charge in [-0.05, 0) is 48.0 Å². The molecular formula is C24H31NO7S. The Balaban J connectivity index is 0.00000172. The maximum Gasteiger partial charge on any atom is 0.313 e. The third-order valence-corrected chi connectivity index (χ3v) is 5.52. The van der Waals surface area contributed by atoms with E-state index in [2.05, 4.69) is 20.4 Å². The minimum Gasteiger partial charge on any atom is -0.497 e. The highest BCUT2D eigenvalue weighted by Crippen LogP contribution is 2.29. The Kier molecular flexibility index (Phi) is 10.8. The number of nitrogens with zero attached hydrogens (tertiary/aromatic N) is 1. The van der Waals surface area contributed by atoms with Crippen LogP contribution >= 0.6 is 0 Å². The van der Waals surface area contributed by atoms with Crippen LogP contribution in [0.2, 0.25) is 0 Å². The topological polar surface area (TPSA) is 99.2 Å². The summed E-state index contributed by atoms with van der Waals surface area (Å²) in [5.41, 5.74) is 0.0975. The molecule has 0 unspecified atom stereocenters. The van der Waals surface area contributed by atoms with Crippen molar-refractivity contribution < 1.29 is 31.8 Å². The Hall–Kier alpha value is -3.17. The summed E-state index contributed by atoms with van der Waals surface area (Å²) in [4.78, 5) is 24.2. The number of ketones is 1. The number of carbonyl (C=O) groups is 2. The van der Waals surface area contributed by atoms with Crippen LogP contribution in [0.3, 0.4) is 0 Å². The Morgan fingerprint density at radius 3 is 2.24 bits per heavy atom. The lowest BCUT2D eigenvalue weighted by atomic mass is 10.0. The van der Waals surface area contributed by atoms with Gasteiger partial charge in [-0.3, -0.25) is 9.59 Å². The lowest BCUT2D eigenvalue weighted by molar-refractivity contribution is -0.113. The van der Waals surface area contributed by atoms with Crippen LogP contribution in [-0.4, -0.2) is 46.4 Å². The average molecular weight is 478 g/mol. The van der Waals surface area contributed by atoms with E-state index in [1.807, 2.05) is 6.07 Å². The molecular weight excluding hydrogens is 446 g/mol. The number of ether oxygens (including phenoxy) is 2. The molecule has 0 atom stereocenters. The SMILES string of the molecule is C=CCC(=O)/C=C(\C)S(=O)(=O)ON(C)C(=O)c1cc2cc(OC)ccc2cc1OC.CCC. The van der Waals surface area contributed by atoms with E-state index in [4.69, 9.17) is 13.8 Å². The van der Waals surface area contributed by atoms with E-state index in [1.54, 1.807) is 24.3 Å². The van der Waals surface area contributed by atoms with E-state index in [-0.39, 0.29) is 22.6 Å². The third-order valence-electron chi connectivity index (χ3n) is 4.20. The van der Waals surface area contributed by atoms with Crippen LogP contribution < -0.4 is 9.47 Å². The molecule has 0 aliphatic carbocycles. The molecule has 8 nitrogen and oxygen atoms in total. The largest absolute Gasteiger partial charge is 0.497 e. The first-order chi connectivity index (χ1) is 15.5. The number of methoxy groups -OCH3 is 2. The van der Waals surface area contributed by atoms with Gasteiger partial charge in [-0.15, -0.1) is 10.9 Å². The molecule has 0 fully saturated rings. The lowest BCUT2D eigenvalue weighted by Crippen LogP contribution is -2.30. The van der Waals surface area contributed by atoms with Crippen molar-refractivity contribution >= 4 is 32.6 Å². The number of hydrogen-bond donors (Lipinski definition) is 0. The van der Waals surface area contributed by atoms with Gasteiger partial charge in [-0.1, -0.05) is 32.4 Å². The summed E-state index contributed by atoms with van der Waals surface area (Å²) in [5.74, 6) is -0.346.